The minimum Gasteiger partial charge on any atom is -0.369 e. The molecule has 6 heteroatoms. The van der Waals surface area contributed by atoms with Gasteiger partial charge in [-0.2, -0.15) is 4.57 Å². The van der Waals surface area contributed by atoms with Crippen LogP contribution in [0.15, 0.2) is 41.5 Å². The normalized spacial score (nSPS) is 15.7. The SMILES string of the molecule is Cc1cccc[n+]1CC(=O)c1cn2c3c(c(N4CCCCC4)c(F)cc3c1=O)CC2. The van der Waals surface area contributed by atoms with Crippen LogP contribution in [0.4, 0.5) is 10.1 Å². The van der Waals surface area contributed by atoms with Crippen LogP contribution < -0.4 is 14.9 Å². The van der Waals surface area contributed by atoms with Crippen LogP contribution in [0, 0.1) is 12.7 Å². The summed E-state index contributed by atoms with van der Waals surface area (Å²) in [6.07, 6.45) is 7.50. The van der Waals surface area contributed by atoms with Gasteiger partial charge in [0.05, 0.1) is 16.8 Å². The Morgan fingerprint density at radius 1 is 1.17 bits per heavy atom. The lowest BCUT2D eigenvalue weighted by Crippen LogP contribution is -2.41. The second-order valence-corrected chi connectivity index (χ2v) is 8.34. The zero-order valence-corrected chi connectivity index (χ0v) is 17.2. The summed E-state index contributed by atoms with van der Waals surface area (Å²) in [5, 5.41) is 0.321. The molecular formula is C24H25FN3O2+. The van der Waals surface area contributed by atoms with Gasteiger partial charge in [-0.05, 0) is 31.7 Å². The first kappa shape index (κ1) is 19.0. The molecule has 0 saturated carbocycles. The largest absolute Gasteiger partial charge is 0.369 e. The predicted octanol–water partition coefficient (Wildman–Crippen LogP) is 3.17. The minimum absolute atomic E-state index is 0.0919. The van der Waals surface area contributed by atoms with E-state index in [2.05, 4.69) is 4.90 Å². The van der Waals surface area contributed by atoms with Crippen molar-refractivity contribution in [1.29, 1.82) is 0 Å². The van der Waals surface area contributed by atoms with Gasteiger partial charge in [-0.25, -0.2) is 4.39 Å². The van der Waals surface area contributed by atoms with Crippen LogP contribution in [0.25, 0.3) is 10.9 Å². The van der Waals surface area contributed by atoms with Gasteiger partial charge >= 0.3 is 0 Å². The number of anilines is 1. The number of aromatic nitrogens is 2. The molecule has 1 saturated heterocycles. The summed E-state index contributed by atoms with van der Waals surface area (Å²) in [5.74, 6) is -0.596. The number of nitrogens with zero attached hydrogens (tertiary/aromatic N) is 3. The van der Waals surface area contributed by atoms with Crippen molar-refractivity contribution >= 4 is 22.4 Å². The van der Waals surface area contributed by atoms with Gasteiger partial charge in [0.15, 0.2) is 11.9 Å². The van der Waals surface area contributed by atoms with Crippen molar-refractivity contribution in [3.8, 4) is 0 Å². The van der Waals surface area contributed by atoms with E-state index in [1.807, 2.05) is 40.5 Å². The number of halogens is 1. The van der Waals surface area contributed by atoms with Gasteiger partial charge in [0.25, 0.3) is 0 Å². The molecule has 0 amide bonds. The molecule has 30 heavy (non-hydrogen) atoms. The summed E-state index contributed by atoms with van der Waals surface area (Å²) in [5.41, 5.74) is 3.07. The van der Waals surface area contributed by atoms with Gasteiger partial charge in [0.1, 0.15) is 5.82 Å². The van der Waals surface area contributed by atoms with Crippen molar-refractivity contribution in [1.82, 2.24) is 4.57 Å². The zero-order chi connectivity index (χ0) is 20.8. The Bertz CT molecular complexity index is 1230. The lowest BCUT2D eigenvalue weighted by molar-refractivity contribution is -0.689. The van der Waals surface area contributed by atoms with Crippen molar-refractivity contribution in [3.63, 3.8) is 0 Å². The van der Waals surface area contributed by atoms with Crippen molar-refractivity contribution in [2.45, 2.75) is 45.7 Å². The first-order chi connectivity index (χ1) is 14.5. The number of pyridine rings is 2. The fourth-order valence-electron chi connectivity index (χ4n) is 4.89. The van der Waals surface area contributed by atoms with E-state index in [0.29, 0.717) is 24.0 Å². The Kier molecular flexibility index (Phi) is 4.65. The van der Waals surface area contributed by atoms with Gasteiger partial charge in [-0.3, -0.25) is 9.59 Å². The molecule has 5 rings (SSSR count). The van der Waals surface area contributed by atoms with Crippen LogP contribution >= 0.6 is 0 Å². The average molecular weight is 406 g/mol. The van der Waals surface area contributed by atoms with Gasteiger partial charge in [-0.15, -0.1) is 0 Å². The lowest BCUT2D eigenvalue weighted by atomic mass is 10.0. The Balaban J connectivity index is 1.61. The monoisotopic (exact) mass is 406 g/mol. The molecule has 2 aromatic heterocycles. The highest BCUT2D eigenvalue weighted by Crippen LogP contribution is 2.36. The molecule has 5 nitrogen and oxygen atoms in total. The summed E-state index contributed by atoms with van der Waals surface area (Å²) in [4.78, 5) is 28.3. The number of carbonyl (C=O) groups excluding carboxylic acids is 1. The van der Waals surface area contributed by atoms with Crippen LogP contribution in [-0.4, -0.2) is 23.4 Å². The third kappa shape index (κ3) is 3.02. The summed E-state index contributed by atoms with van der Waals surface area (Å²) in [6, 6.07) is 7.04. The number of carbonyl (C=O) groups is 1. The first-order valence-electron chi connectivity index (χ1n) is 10.7. The topological polar surface area (TPSA) is 46.2 Å². The average Bonchev–Trinajstić information content (AvgIpc) is 3.16. The molecule has 0 N–H and O–H groups in total. The molecule has 2 aliphatic rings. The number of rotatable bonds is 4. The second kappa shape index (κ2) is 7.35. The molecule has 0 radical (unpaired) electrons. The van der Waals surface area contributed by atoms with E-state index in [0.717, 1.165) is 42.7 Å². The Hall–Kier alpha value is -3.02. The van der Waals surface area contributed by atoms with E-state index in [4.69, 9.17) is 0 Å². The van der Waals surface area contributed by atoms with Gasteiger partial charge < -0.3 is 9.47 Å². The number of Topliss-reactive ketones (excluding diaryl/α,β-unsaturated/α-hetero) is 1. The van der Waals surface area contributed by atoms with E-state index in [9.17, 15) is 9.59 Å². The number of ketones is 1. The predicted molar refractivity (Wildman–Crippen MR) is 114 cm³/mol. The molecule has 3 aromatic rings. The molecule has 1 aromatic carbocycles. The van der Waals surface area contributed by atoms with Crippen molar-refractivity contribution in [2.75, 3.05) is 18.0 Å². The molecular weight excluding hydrogens is 381 g/mol. The Labute approximate surface area is 174 Å². The highest BCUT2D eigenvalue weighted by atomic mass is 19.1. The molecule has 0 bridgehead atoms. The van der Waals surface area contributed by atoms with E-state index in [-0.39, 0.29) is 29.1 Å². The van der Waals surface area contributed by atoms with E-state index >= 15 is 4.39 Å². The zero-order valence-electron chi connectivity index (χ0n) is 17.2. The second-order valence-electron chi connectivity index (χ2n) is 8.34. The van der Waals surface area contributed by atoms with Crippen LogP contribution in [0.5, 0.6) is 0 Å². The highest BCUT2D eigenvalue weighted by molar-refractivity contribution is 5.99. The van der Waals surface area contributed by atoms with Crippen molar-refractivity contribution < 1.29 is 13.8 Å². The fourth-order valence-corrected chi connectivity index (χ4v) is 4.89. The number of piperidine rings is 1. The van der Waals surface area contributed by atoms with E-state index < -0.39 is 0 Å². The summed E-state index contributed by atoms with van der Waals surface area (Å²) in [7, 11) is 0. The maximum absolute atomic E-state index is 15.2. The van der Waals surface area contributed by atoms with Gasteiger partial charge in [-0.1, -0.05) is 6.07 Å². The third-order valence-electron chi connectivity index (χ3n) is 6.44. The molecule has 1 fully saturated rings. The molecule has 2 aliphatic heterocycles. The quantitative estimate of drug-likeness (QED) is 0.494. The van der Waals surface area contributed by atoms with Crippen LogP contribution in [-0.2, 0) is 19.5 Å². The molecule has 0 atom stereocenters. The Morgan fingerprint density at radius 3 is 2.73 bits per heavy atom. The molecule has 154 valence electrons. The maximum Gasteiger partial charge on any atom is 0.232 e. The highest BCUT2D eigenvalue weighted by Gasteiger charge is 2.29. The van der Waals surface area contributed by atoms with Crippen molar-refractivity contribution in [2.24, 2.45) is 0 Å². The number of hydrogen-bond acceptors (Lipinski definition) is 3. The van der Waals surface area contributed by atoms with Crippen LogP contribution in [0.3, 0.4) is 0 Å². The Morgan fingerprint density at radius 2 is 1.97 bits per heavy atom. The molecule has 0 spiro atoms. The summed E-state index contributed by atoms with van der Waals surface area (Å²) < 4.78 is 19.0. The van der Waals surface area contributed by atoms with E-state index in [1.54, 1.807) is 6.20 Å². The number of hydrogen-bond donors (Lipinski definition) is 0. The summed E-state index contributed by atoms with van der Waals surface area (Å²) in [6.45, 7) is 4.38. The van der Waals surface area contributed by atoms with Crippen LogP contribution in [0.2, 0.25) is 0 Å². The number of aryl methyl sites for hydroxylation is 3. The van der Waals surface area contributed by atoms with Crippen molar-refractivity contribution in [3.05, 3.63) is 69.5 Å². The summed E-state index contributed by atoms with van der Waals surface area (Å²) >= 11 is 0. The molecule has 0 unspecified atom stereocenters. The van der Waals surface area contributed by atoms with Gasteiger partial charge in [0, 0.05) is 55.8 Å². The fraction of sp³-hybridized carbons (Fsp3) is 0.375. The molecule has 0 aliphatic carbocycles. The standard InChI is InChI=1S/C24H25FN3O2/c1-16-7-3-6-11-27(16)15-21(29)19-14-28-12-8-17-22(28)18(24(19)30)13-20(25)23(17)26-9-4-2-5-10-26/h3,6-7,11,13-14H,2,4-5,8-10,12,15H2,1H3/q+1. The number of benzene rings is 1. The minimum atomic E-state index is -0.368. The smallest absolute Gasteiger partial charge is 0.232 e. The third-order valence-corrected chi connectivity index (χ3v) is 6.44. The molecule has 4 heterocycles. The van der Waals surface area contributed by atoms with Gasteiger partial charge in [0.2, 0.25) is 17.8 Å². The van der Waals surface area contributed by atoms with Crippen LogP contribution in [0.1, 0.15) is 40.9 Å². The maximum atomic E-state index is 15.2. The first-order valence-corrected chi connectivity index (χ1v) is 10.7. The van der Waals surface area contributed by atoms with E-state index in [1.165, 1.54) is 12.5 Å². The lowest BCUT2D eigenvalue weighted by Gasteiger charge is -2.30.